The van der Waals surface area contributed by atoms with Crippen molar-refractivity contribution in [2.45, 2.75) is 32.2 Å². The van der Waals surface area contributed by atoms with Gasteiger partial charge in [-0.05, 0) is 24.1 Å². The van der Waals surface area contributed by atoms with Crippen LogP contribution >= 0.6 is 0 Å². The van der Waals surface area contributed by atoms with Crippen LogP contribution in [0.25, 0.3) is 22.2 Å². The van der Waals surface area contributed by atoms with E-state index in [-0.39, 0.29) is 12.0 Å². The van der Waals surface area contributed by atoms with Gasteiger partial charge in [0.05, 0.1) is 5.92 Å². The van der Waals surface area contributed by atoms with Crippen molar-refractivity contribution in [3.8, 4) is 11.4 Å². The van der Waals surface area contributed by atoms with Crippen molar-refractivity contribution in [2.24, 2.45) is 5.73 Å². The highest BCUT2D eigenvalue weighted by Crippen LogP contribution is 2.28. The normalized spacial score (nSPS) is 14.2. The van der Waals surface area contributed by atoms with Crippen molar-refractivity contribution in [3.63, 3.8) is 0 Å². The van der Waals surface area contributed by atoms with E-state index < -0.39 is 0 Å². The molecule has 0 spiro atoms. The summed E-state index contributed by atoms with van der Waals surface area (Å²) in [5.41, 5.74) is 6.98. The van der Waals surface area contributed by atoms with E-state index >= 15 is 0 Å². The Hall–Kier alpha value is -2.20. The third-order valence-electron chi connectivity index (χ3n) is 3.86. The van der Waals surface area contributed by atoms with Crippen LogP contribution in [-0.4, -0.2) is 16.2 Å². The Kier molecular flexibility index (Phi) is 3.71. The Labute approximate surface area is 124 Å². The number of nitrogens with two attached hydrogens (primary N) is 1. The molecule has 0 aliphatic rings. The molecular formula is C17H19N3O. The standard InChI is InChI=1S/C17H19N3O/c1-3-13(11(2)18)17-19-16(20-21-17)15-10-6-8-12-7-4-5-9-14(12)15/h4-11,13H,3,18H2,1-2H3. The molecule has 0 aliphatic carbocycles. The van der Waals surface area contributed by atoms with Crippen LogP contribution in [0.3, 0.4) is 0 Å². The highest BCUT2D eigenvalue weighted by molar-refractivity contribution is 5.94. The van der Waals surface area contributed by atoms with Gasteiger partial charge in [0.2, 0.25) is 11.7 Å². The molecular weight excluding hydrogens is 262 g/mol. The van der Waals surface area contributed by atoms with Crippen LogP contribution in [0.4, 0.5) is 0 Å². The Morgan fingerprint density at radius 3 is 2.67 bits per heavy atom. The molecule has 0 saturated carbocycles. The Balaban J connectivity index is 2.06. The van der Waals surface area contributed by atoms with Crippen LogP contribution in [0.5, 0.6) is 0 Å². The molecule has 0 bridgehead atoms. The molecule has 2 N–H and O–H groups in total. The first-order valence-electron chi connectivity index (χ1n) is 7.28. The molecule has 3 aromatic rings. The first-order chi connectivity index (χ1) is 10.2. The minimum absolute atomic E-state index is 0.00387. The van der Waals surface area contributed by atoms with E-state index in [2.05, 4.69) is 35.3 Å². The zero-order valence-electron chi connectivity index (χ0n) is 12.3. The topological polar surface area (TPSA) is 64.9 Å². The van der Waals surface area contributed by atoms with E-state index in [0.29, 0.717) is 11.7 Å². The van der Waals surface area contributed by atoms with Gasteiger partial charge in [-0.25, -0.2) is 0 Å². The average Bonchev–Trinajstić information content (AvgIpc) is 2.96. The van der Waals surface area contributed by atoms with Gasteiger partial charge in [0, 0.05) is 11.6 Å². The van der Waals surface area contributed by atoms with Crippen LogP contribution in [-0.2, 0) is 0 Å². The van der Waals surface area contributed by atoms with E-state index in [4.69, 9.17) is 10.3 Å². The molecule has 1 heterocycles. The molecule has 0 saturated heterocycles. The van der Waals surface area contributed by atoms with Gasteiger partial charge < -0.3 is 10.3 Å². The highest BCUT2D eigenvalue weighted by Gasteiger charge is 2.21. The summed E-state index contributed by atoms with van der Waals surface area (Å²) in [6.07, 6.45) is 0.884. The number of aromatic nitrogens is 2. The number of nitrogens with zero attached hydrogens (tertiary/aromatic N) is 2. The number of rotatable bonds is 4. The second kappa shape index (κ2) is 5.66. The minimum atomic E-state index is -0.00387. The van der Waals surface area contributed by atoms with E-state index in [0.717, 1.165) is 17.4 Å². The SMILES string of the molecule is CCC(c1nc(-c2cccc3ccccc23)no1)C(C)N. The zero-order chi connectivity index (χ0) is 14.8. The van der Waals surface area contributed by atoms with Crippen LogP contribution in [0.15, 0.2) is 47.0 Å². The van der Waals surface area contributed by atoms with Crippen molar-refractivity contribution >= 4 is 10.8 Å². The highest BCUT2D eigenvalue weighted by atomic mass is 16.5. The molecule has 0 radical (unpaired) electrons. The maximum atomic E-state index is 5.99. The first kappa shape index (κ1) is 13.8. The van der Waals surface area contributed by atoms with Crippen LogP contribution in [0, 0.1) is 0 Å². The van der Waals surface area contributed by atoms with Gasteiger partial charge in [0.1, 0.15) is 0 Å². The lowest BCUT2D eigenvalue weighted by molar-refractivity contribution is 0.334. The maximum absolute atomic E-state index is 5.99. The smallest absolute Gasteiger partial charge is 0.231 e. The molecule has 108 valence electrons. The van der Waals surface area contributed by atoms with Gasteiger partial charge >= 0.3 is 0 Å². The summed E-state index contributed by atoms with van der Waals surface area (Å²) in [6, 6.07) is 14.3. The van der Waals surface area contributed by atoms with Gasteiger partial charge in [-0.15, -0.1) is 0 Å². The summed E-state index contributed by atoms with van der Waals surface area (Å²) in [7, 11) is 0. The molecule has 2 atom stereocenters. The third kappa shape index (κ3) is 2.54. The molecule has 2 aromatic carbocycles. The molecule has 0 amide bonds. The lowest BCUT2D eigenvalue weighted by Gasteiger charge is -2.13. The van der Waals surface area contributed by atoms with Crippen molar-refractivity contribution in [3.05, 3.63) is 48.4 Å². The van der Waals surface area contributed by atoms with Crippen molar-refractivity contribution in [1.29, 1.82) is 0 Å². The van der Waals surface area contributed by atoms with Gasteiger partial charge in [-0.2, -0.15) is 4.98 Å². The second-order valence-corrected chi connectivity index (χ2v) is 5.36. The number of hydrogen-bond donors (Lipinski definition) is 1. The summed E-state index contributed by atoms with van der Waals surface area (Å²) in [5.74, 6) is 1.34. The quantitative estimate of drug-likeness (QED) is 0.791. The number of benzene rings is 2. The molecule has 0 fully saturated rings. The number of hydrogen-bond acceptors (Lipinski definition) is 4. The Morgan fingerprint density at radius 2 is 1.90 bits per heavy atom. The molecule has 4 heteroatoms. The molecule has 21 heavy (non-hydrogen) atoms. The van der Waals surface area contributed by atoms with Crippen LogP contribution < -0.4 is 5.73 Å². The molecule has 0 aliphatic heterocycles. The second-order valence-electron chi connectivity index (χ2n) is 5.36. The van der Waals surface area contributed by atoms with Crippen molar-refractivity contribution in [1.82, 2.24) is 10.1 Å². The molecule has 4 nitrogen and oxygen atoms in total. The van der Waals surface area contributed by atoms with E-state index in [9.17, 15) is 0 Å². The zero-order valence-corrected chi connectivity index (χ0v) is 12.3. The van der Waals surface area contributed by atoms with Gasteiger partial charge in [-0.3, -0.25) is 0 Å². The maximum Gasteiger partial charge on any atom is 0.231 e. The lowest BCUT2D eigenvalue weighted by Crippen LogP contribution is -2.24. The summed E-state index contributed by atoms with van der Waals surface area (Å²) in [4.78, 5) is 4.57. The Morgan fingerprint density at radius 1 is 1.14 bits per heavy atom. The largest absolute Gasteiger partial charge is 0.339 e. The summed E-state index contributed by atoms with van der Waals surface area (Å²) >= 11 is 0. The van der Waals surface area contributed by atoms with Crippen LogP contribution in [0.2, 0.25) is 0 Å². The summed E-state index contributed by atoms with van der Waals surface area (Å²) in [6.45, 7) is 4.05. The van der Waals surface area contributed by atoms with E-state index in [1.54, 1.807) is 0 Å². The molecule has 1 aromatic heterocycles. The molecule has 2 unspecified atom stereocenters. The fourth-order valence-electron chi connectivity index (χ4n) is 2.69. The fraction of sp³-hybridized carbons (Fsp3) is 0.294. The third-order valence-corrected chi connectivity index (χ3v) is 3.86. The summed E-state index contributed by atoms with van der Waals surface area (Å²) in [5, 5.41) is 6.44. The van der Waals surface area contributed by atoms with Gasteiger partial charge in [-0.1, -0.05) is 54.5 Å². The lowest BCUT2D eigenvalue weighted by atomic mass is 9.99. The van der Waals surface area contributed by atoms with Crippen LogP contribution in [0.1, 0.15) is 32.1 Å². The number of fused-ring (bicyclic) bond motifs is 1. The first-order valence-corrected chi connectivity index (χ1v) is 7.28. The minimum Gasteiger partial charge on any atom is -0.339 e. The van der Waals surface area contributed by atoms with Gasteiger partial charge in [0.15, 0.2) is 0 Å². The fourth-order valence-corrected chi connectivity index (χ4v) is 2.69. The summed E-state index contributed by atoms with van der Waals surface area (Å²) < 4.78 is 5.44. The van der Waals surface area contributed by atoms with Gasteiger partial charge in [0.25, 0.3) is 0 Å². The van der Waals surface area contributed by atoms with Crippen molar-refractivity contribution < 1.29 is 4.52 Å². The predicted octanol–water partition coefficient (Wildman–Crippen LogP) is 3.73. The molecule has 3 rings (SSSR count). The predicted molar refractivity (Wildman–Crippen MR) is 83.9 cm³/mol. The van der Waals surface area contributed by atoms with E-state index in [1.165, 1.54) is 5.39 Å². The Bertz CT molecular complexity index is 743. The average molecular weight is 281 g/mol. The van der Waals surface area contributed by atoms with Crippen molar-refractivity contribution in [2.75, 3.05) is 0 Å². The van der Waals surface area contributed by atoms with E-state index in [1.807, 2.05) is 31.2 Å². The monoisotopic (exact) mass is 281 g/mol.